The van der Waals surface area contributed by atoms with Crippen LogP contribution in [0.3, 0.4) is 0 Å². The van der Waals surface area contributed by atoms with Crippen LogP contribution < -0.4 is 4.90 Å². The Bertz CT molecular complexity index is 545. The molecule has 0 spiro atoms. The molecule has 19 heavy (non-hydrogen) atoms. The van der Waals surface area contributed by atoms with Crippen molar-refractivity contribution < 1.29 is 19.2 Å². The highest BCUT2D eigenvalue weighted by Crippen LogP contribution is 2.26. The molecule has 0 radical (unpaired) electrons. The molecule has 100 valence electrons. The number of ether oxygens (including phenoxy) is 1. The minimum absolute atomic E-state index is 0.0248. The summed E-state index contributed by atoms with van der Waals surface area (Å²) >= 11 is 0. The lowest BCUT2D eigenvalue weighted by Crippen LogP contribution is -2.27. The molecular weight excluding hydrogens is 254 g/mol. The van der Waals surface area contributed by atoms with Gasteiger partial charge in [-0.25, -0.2) is 4.98 Å². The first-order chi connectivity index (χ1) is 9.02. The van der Waals surface area contributed by atoms with Crippen LogP contribution in [0.15, 0.2) is 18.3 Å². The maximum Gasteiger partial charge on any atom is 0.311 e. The van der Waals surface area contributed by atoms with Crippen LogP contribution in [0.1, 0.15) is 6.42 Å². The Hall–Kier alpha value is -2.51. The molecule has 1 amide bonds. The van der Waals surface area contributed by atoms with Gasteiger partial charge in [0.25, 0.3) is 5.69 Å². The average Bonchev–Trinajstić information content (AvgIpc) is 2.80. The monoisotopic (exact) mass is 265 g/mol. The molecule has 1 atom stereocenters. The fourth-order valence-corrected chi connectivity index (χ4v) is 1.92. The van der Waals surface area contributed by atoms with Crippen LogP contribution in [-0.2, 0) is 14.3 Å². The van der Waals surface area contributed by atoms with Crippen molar-refractivity contribution >= 4 is 23.4 Å². The van der Waals surface area contributed by atoms with Gasteiger partial charge in [0.2, 0.25) is 5.91 Å². The molecule has 0 aromatic carbocycles. The van der Waals surface area contributed by atoms with E-state index in [1.165, 1.54) is 30.3 Å². The molecule has 1 unspecified atom stereocenters. The highest BCUT2D eigenvalue weighted by Gasteiger charge is 2.36. The summed E-state index contributed by atoms with van der Waals surface area (Å²) in [5, 5.41) is 10.7. The fourth-order valence-electron chi connectivity index (χ4n) is 1.92. The van der Waals surface area contributed by atoms with Crippen molar-refractivity contribution in [1.29, 1.82) is 0 Å². The predicted octanol–water partition coefficient (Wildman–Crippen LogP) is 0.516. The van der Waals surface area contributed by atoms with Crippen LogP contribution in [0.4, 0.5) is 11.5 Å². The smallest absolute Gasteiger partial charge is 0.311 e. The summed E-state index contributed by atoms with van der Waals surface area (Å²) in [6.45, 7) is 0.125. The quantitative estimate of drug-likeness (QED) is 0.448. The van der Waals surface area contributed by atoms with Gasteiger partial charge in [0.1, 0.15) is 5.82 Å². The number of amides is 1. The SMILES string of the molecule is COC(=O)C1CC(=O)N(c2cc([N+](=O)[O-])ccn2)C1. The van der Waals surface area contributed by atoms with Crippen LogP contribution in [0.2, 0.25) is 0 Å². The van der Waals surface area contributed by atoms with Gasteiger partial charge in [-0.1, -0.05) is 0 Å². The summed E-state index contributed by atoms with van der Waals surface area (Å²) in [7, 11) is 1.25. The molecular formula is C11H11N3O5. The highest BCUT2D eigenvalue weighted by atomic mass is 16.6. The number of aromatic nitrogens is 1. The summed E-state index contributed by atoms with van der Waals surface area (Å²) < 4.78 is 4.58. The molecule has 8 heteroatoms. The Morgan fingerprint density at radius 1 is 1.63 bits per heavy atom. The molecule has 1 fully saturated rings. The van der Waals surface area contributed by atoms with Crippen molar-refractivity contribution in [2.75, 3.05) is 18.6 Å². The number of nitrogens with zero attached hydrogens (tertiary/aromatic N) is 3. The number of carbonyl (C=O) groups is 2. The molecule has 1 aliphatic heterocycles. The van der Waals surface area contributed by atoms with Gasteiger partial charge in [-0.3, -0.25) is 24.6 Å². The van der Waals surface area contributed by atoms with Crippen LogP contribution in [0.5, 0.6) is 0 Å². The first-order valence-electron chi connectivity index (χ1n) is 5.51. The van der Waals surface area contributed by atoms with Crippen molar-refractivity contribution in [3.63, 3.8) is 0 Å². The third-order valence-corrected chi connectivity index (χ3v) is 2.88. The van der Waals surface area contributed by atoms with E-state index in [0.717, 1.165) is 0 Å². The highest BCUT2D eigenvalue weighted by molar-refractivity contribution is 5.98. The van der Waals surface area contributed by atoms with E-state index in [-0.39, 0.29) is 30.4 Å². The number of hydrogen-bond donors (Lipinski definition) is 0. The van der Waals surface area contributed by atoms with Gasteiger partial charge in [0.15, 0.2) is 0 Å². The standard InChI is InChI=1S/C11H11N3O5/c1-19-11(16)7-4-10(15)13(6-7)9-5-8(14(17)18)2-3-12-9/h2-3,5,7H,4,6H2,1H3. The Balaban J connectivity index is 2.23. The zero-order chi connectivity index (χ0) is 14.0. The topological polar surface area (TPSA) is 103 Å². The second-order valence-corrected chi connectivity index (χ2v) is 4.06. The average molecular weight is 265 g/mol. The number of rotatable bonds is 3. The molecule has 0 saturated carbocycles. The van der Waals surface area contributed by atoms with Crippen LogP contribution in [0.25, 0.3) is 0 Å². The van der Waals surface area contributed by atoms with E-state index < -0.39 is 16.8 Å². The van der Waals surface area contributed by atoms with Crippen molar-refractivity contribution in [1.82, 2.24) is 4.98 Å². The van der Waals surface area contributed by atoms with Crippen LogP contribution in [-0.4, -0.2) is 35.4 Å². The zero-order valence-corrected chi connectivity index (χ0v) is 10.1. The van der Waals surface area contributed by atoms with Crippen molar-refractivity contribution in [2.45, 2.75) is 6.42 Å². The Morgan fingerprint density at radius 2 is 2.37 bits per heavy atom. The normalized spacial score (nSPS) is 18.5. The van der Waals surface area contributed by atoms with Crippen molar-refractivity contribution in [2.24, 2.45) is 5.92 Å². The third kappa shape index (κ3) is 2.51. The summed E-state index contributed by atoms with van der Waals surface area (Å²) in [5.74, 6) is -1.16. The number of carbonyl (C=O) groups excluding carboxylic acids is 2. The third-order valence-electron chi connectivity index (χ3n) is 2.88. The molecule has 1 aliphatic rings. The maximum atomic E-state index is 11.8. The molecule has 0 bridgehead atoms. The predicted molar refractivity (Wildman–Crippen MR) is 63.4 cm³/mol. The fraction of sp³-hybridized carbons (Fsp3) is 0.364. The second kappa shape index (κ2) is 5.01. The first-order valence-corrected chi connectivity index (χ1v) is 5.51. The van der Waals surface area contributed by atoms with Gasteiger partial charge in [0, 0.05) is 25.2 Å². The van der Waals surface area contributed by atoms with E-state index in [2.05, 4.69) is 9.72 Å². The summed E-state index contributed by atoms with van der Waals surface area (Å²) in [6, 6.07) is 2.44. The lowest BCUT2D eigenvalue weighted by atomic mass is 10.1. The number of methoxy groups -OCH3 is 1. The maximum absolute atomic E-state index is 11.8. The summed E-state index contributed by atoms with van der Waals surface area (Å²) in [5.41, 5.74) is -0.153. The number of pyridine rings is 1. The summed E-state index contributed by atoms with van der Waals surface area (Å²) in [6.07, 6.45) is 1.28. The Morgan fingerprint density at radius 3 is 3.00 bits per heavy atom. The van der Waals surface area contributed by atoms with E-state index in [0.29, 0.717) is 0 Å². The van der Waals surface area contributed by atoms with E-state index in [1.807, 2.05) is 0 Å². The molecule has 2 heterocycles. The van der Waals surface area contributed by atoms with E-state index >= 15 is 0 Å². The van der Waals surface area contributed by atoms with Gasteiger partial charge >= 0.3 is 5.97 Å². The minimum Gasteiger partial charge on any atom is -0.469 e. The Kier molecular flexibility index (Phi) is 3.41. The van der Waals surface area contributed by atoms with Gasteiger partial charge < -0.3 is 4.74 Å². The van der Waals surface area contributed by atoms with Gasteiger partial charge in [-0.15, -0.1) is 0 Å². The van der Waals surface area contributed by atoms with Gasteiger partial charge in [-0.2, -0.15) is 0 Å². The largest absolute Gasteiger partial charge is 0.469 e. The molecule has 1 saturated heterocycles. The number of hydrogen-bond acceptors (Lipinski definition) is 6. The van der Waals surface area contributed by atoms with E-state index in [1.54, 1.807) is 0 Å². The number of esters is 1. The Labute approximate surface area is 108 Å². The molecule has 1 aromatic heterocycles. The molecule has 0 aliphatic carbocycles. The summed E-state index contributed by atoms with van der Waals surface area (Å²) in [4.78, 5) is 38.5. The zero-order valence-electron chi connectivity index (χ0n) is 10.1. The second-order valence-electron chi connectivity index (χ2n) is 4.06. The molecule has 2 rings (SSSR count). The van der Waals surface area contributed by atoms with Gasteiger partial charge in [-0.05, 0) is 0 Å². The van der Waals surface area contributed by atoms with Crippen molar-refractivity contribution in [3.05, 3.63) is 28.4 Å². The first kappa shape index (κ1) is 12.9. The minimum atomic E-state index is -0.566. The lowest BCUT2D eigenvalue weighted by Gasteiger charge is -2.14. The van der Waals surface area contributed by atoms with E-state index in [4.69, 9.17) is 0 Å². The number of nitro groups is 1. The van der Waals surface area contributed by atoms with Crippen LogP contribution >= 0.6 is 0 Å². The molecule has 1 aromatic rings. The van der Waals surface area contributed by atoms with Crippen molar-refractivity contribution in [3.8, 4) is 0 Å². The van der Waals surface area contributed by atoms with Crippen LogP contribution in [0, 0.1) is 16.0 Å². The molecule has 0 N–H and O–H groups in total. The molecule has 8 nitrogen and oxygen atoms in total. The van der Waals surface area contributed by atoms with Gasteiger partial charge in [0.05, 0.1) is 24.0 Å². The number of anilines is 1. The lowest BCUT2D eigenvalue weighted by molar-refractivity contribution is -0.384. The van der Waals surface area contributed by atoms with E-state index in [9.17, 15) is 19.7 Å².